The smallest absolute Gasteiger partial charge is 0.120 e. The SMILES string of the molecule is COc1ccc(COc2ccc(Br)c(COC(C)Br)c2)cc1. The molecule has 3 nitrogen and oxygen atoms in total. The van der Waals surface area contributed by atoms with Crippen LogP contribution in [0.2, 0.25) is 0 Å². The Morgan fingerprint density at radius 2 is 1.68 bits per heavy atom. The second-order valence-electron chi connectivity index (χ2n) is 4.74. The second kappa shape index (κ2) is 8.56. The van der Waals surface area contributed by atoms with Gasteiger partial charge in [0.05, 0.1) is 13.7 Å². The summed E-state index contributed by atoms with van der Waals surface area (Å²) < 4.78 is 17.6. The third kappa shape index (κ3) is 5.30. The van der Waals surface area contributed by atoms with E-state index < -0.39 is 0 Å². The quantitative estimate of drug-likeness (QED) is 0.559. The monoisotopic (exact) mass is 428 g/mol. The molecule has 1 unspecified atom stereocenters. The molecule has 0 aliphatic carbocycles. The highest BCUT2D eigenvalue weighted by molar-refractivity contribution is 9.10. The number of rotatable bonds is 7. The molecular weight excluding hydrogens is 412 g/mol. The van der Waals surface area contributed by atoms with Gasteiger partial charge in [-0.15, -0.1) is 0 Å². The average Bonchev–Trinajstić information content (AvgIpc) is 2.53. The van der Waals surface area contributed by atoms with Crippen molar-refractivity contribution in [1.82, 2.24) is 0 Å². The fourth-order valence-electron chi connectivity index (χ4n) is 1.84. The molecule has 2 rings (SSSR count). The molecule has 22 heavy (non-hydrogen) atoms. The molecule has 1 atom stereocenters. The Kier molecular flexibility index (Phi) is 6.73. The van der Waals surface area contributed by atoms with Crippen LogP contribution in [-0.4, -0.2) is 12.1 Å². The first-order valence-electron chi connectivity index (χ1n) is 6.88. The summed E-state index contributed by atoms with van der Waals surface area (Å²) >= 11 is 6.90. The maximum atomic E-state index is 5.84. The van der Waals surface area contributed by atoms with Gasteiger partial charge in [-0.2, -0.15) is 0 Å². The Labute approximate surface area is 147 Å². The predicted octanol–water partition coefficient (Wildman–Crippen LogP) is 5.29. The van der Waals surface area contributed by atoms with Crippen molar-refractivity contribution in [3.63, 3.8) is 0 Å². The minimum absolute atomic E-state index is 0.0169. The van der Waals surface area contributed by atoms with Crippen LogP contribution < -0.4 is 9.47 Å². The number of halogens is 2. The second-order valence-corrected chi connectivity index (χ2v) is 6.89. The van der Waals surface area contributed by atoms with Gasteiger partial charge < -0.3 is 14.2 Å². The summed E-state index contributed by atoms with van der Waals surface area (Å²) in [5, 5.41) is 0.0169. The van der Waals surface area contributed by atoms with E-state index in [4.69, 9.17) is 14.2 Å². The van der Waals surface area contributed by atoms with Gasteiger partial charge in [-0.05, 0) is 48.4 Å². The van der Waals surface area contributed by atoms with Gasteiger partial charge in [0.2, 0.25) is 0 Å². The zero-order valence-electron chi connectivity index (χ0n) is 12.5. The summed E-state index contributed by atoms with van der Waals surface area (Å²) in [5.41, 5.74) is 2.15. The molecule has 0 fully saturated rings. The minimum Gasteiger partial charge on any atom is -0.497 e. The van der Waals surface area contributed by atoms with E-state index in [1.807, 2.05) is 49.4 Å². The Hall–Kier alpha value is -1.04. The molecule has 0 spiro atoms. The fraction of sp³-hybridized carbons (Fsp3) is 0.294. The molecule has 0 aromatic heterocycles. The molecule has 0 heterocycles. The van der Waals surface area contributed by atoms with Crippen LogP contribution in [0, 0.1) is 0 Å². The van der Waals surface area contributed by atoms with Crippen molar-refractivity contribution in [2.24, 2.45) is 0 Å². The average molecular weight is 430 g/mol. The molecule has 0 radical (unpaired) electrons. The van der Waals surface area contributed by atoms with E-state index in [1.54, 1.807) is 7.11 Å². The third-order valence-corrected chi connectivity index (χ3v) is 4.09. The van der Waals surface area contributed by atoms with Gasteiger partial charge in [0.25, 0.3) is 0 Å². The number of hydrogen-bond donors (Lipinski definition) is 0. The van der Waals surface area contributed by atoms with Crippen molar-refractivity contribution >= 4 is 31.9 Å². The van der Waals surface area contributed by atoms with Gasteiger partial charge in [0.1, 0.15) is 23.1 Å². The normalized spacial score (nSPS) is 12.0. The van der Waals surface area contributed by atoms with Crippen LogP contribution in [0.15, 0.2) is 46.9 Å². The number of alkyl halides is 1. The van der Waals surface area contributed by atoms with Gasteiger partial charge in [-0.1, -0.05) is 44.0 Å². The third-order valence-electron chi connectivity index (χ3n) is 3.05. The minimum atomic E-state index is 0.0169. The standard InChI is InChI=1S/C17H18Br2O3/c1-12(18)21-11-14-9-16(7-8-17(14)19)22-10-13-3-5-15(20-2)6-4-13/h3-9,12H,10-11H2,1-2H3. The van der Waals surface area contributed by atoms with Crippen LogP contribution in [0.3, 0.4) is 0 Å². The molecule has 0 bridgehead atoms. The predicted molar refractivity (Wildman–Crippen MR) is 94.6 cm³/mol. The van der Waals surface area contributed by atoms with E-state index >= 15 is 0 Å². The Bertz CT molecular complexity index is 597. The molecule has 0 saturated heterocycles. The summed E-state index contributed by atoms with van der Waals surface area (Å²) in [7, 11) is 1.66. The van der Waals surface area contributed by atoms with E-state index in [9.17, 15) is 0 Å². The maximum Gasteiger partial charge on any atom is 0.120 e. The molecule has 5 heteroatoms. The van der Waals surface area contributed by atoms with Gasteiger partial charge in [0.15, 0.2) is 0 Å². The van der Waals surface area contributed by atoms with Crippen molar-refractivity contribution in [3.8, 4) is 11.5 Å². The summed E-state index contributed by atoms with van der Waals surface area (Å²) in [4.78, 5) is 0. The number of benzene rings is 2. The summed E-state index contributed by atoms with van der Waals surface area (Å²) in [6.07, 6.45) is 0. The van der Waals surface area contributed by atoms with E-state index in [1.165, 1.54) is 0 Å². The van der Waals surface area contributed by atoms with E-state index in [2.05, 4.69) is 31.9 Å². The van der Waals surface area contributed by atoms with Crippen LogP contribution in [-0.2, 0) is 18.0 Å². The van der Waals surface area contributed by atoms with E-state index in [-0.39, 0.29) is 5.01 Å². The first-order valence-corrected chi connectivity index (χ1v) is 8.59. The van der Waals surface area contributed by atoms with Crippen molar-refractivity contribution < 1.29 is 14.2 Å². The van der Waals surface area contributed by atoms with Crippen LogP contribution in [0.1, 0.15) is 18.1 Å². The van der Waals surface area contributed by atoms with E-state index in [0.717, 1.165) is 27.1 Å². The summed E-state index contributed by atoms with van der Waals surface area (Å²) in [6, 6.07) is 13.7. The van der Waals surface area contributed by atoms with Gasteiger partial charge >= 0.3 is 0 Å². The molecule has 0 aliphatic rings. The highest BCUT2D eigenvalue weighted by Crippen LogP contribution is 2.25. The van der Waals surface area contributed by atoms with Gasteiger partial charge in [0, 0.05) is 4.47 Å². The summed E-state index contributed by atoms with van der Waals surface area (Å²) in [5.74, 6) is 1.66. The molecular formula is C17H18Br2O3. The topological polar surface area (TPSA) is 27.7 Å². The lowest BCUT2D eigenvalue weighted by molar-refractivity contribution is 0.114. The molecule has 0 aliphatic heterocycles. The molecule has 0 saturated carbocycles. The first kappa shape index (κ1) is 17.3. The Morgan fingerprint density at radius 3 is 2.32 bits per heavy atom. The van der Waals surface area contributed by atoms with Crippen molar-refractivity contribution in [3.05, 3.63) is 58.1 Å². The van der Waals surface area contributed by atoms with Crippen molar-refractivity contribution in [2.45, 2.75) is 25.2 Å². The first-order chi connectivity index (χ1) is 10.6. The zero-order valence-corrected chi connectivity index (χ0v) is 15.7. The molecule has 0 N–H and O–H groups in total. The largest absolute Gasteiger partial charge is 0.497 e. The number of hydrogen-bond acceptors (Lipinski definition) is 3. The van der Waals surface area contributed by atoms with Crippen LogP contribution >= 0.6 is 31.9 Å². The van der Waals surface area contributed by atoms with Crippen molar-refractivity contribution in [1.29, 1.82) is 0 Å². The van der Waals surface area contributed by atoms with E-state index in [0.29, 0.717) is 13.2 Å². The van der Waals surface area contributed by atoms with Crippen LogP contribution in [0.25, 0.3) is 0 Å². The fourth-order valence-corrected chi connectivity index (χ4v) is 2.34. The number of ether oxygens (including phenoxy) is 3. The lowest BCUT2D eigenvalue weighted by Crippen LogP contribution is -2.01. The Morgan fingerprint density at radius 1 is 1.00 bits per heavy atom. The highest BCUT2D eigenvalue weighted by atomic mass is 79.9. The van der Waals surface area contributed by atoms with Crippen LogP contribution in [0.5, 0.6) is 11.5 Å². The molecule has 2 aromatic rings. The lowest BCUT2D eigenvalue weighted by Gasteiger charge is -2.11. The Balaban J connectivity index is 1.98. The molecule has 0 amide bonds. The highest BCUT2D eigenvalue weighted by Gasteiger charge is 2.05. The van der Waals surface area contributed by atoms with Crippen LogP contribution in [0.4, 0.5) is 0 Å². The zero-order chi connectivity index (χ0) is 15.9. The van der Waals surface area contributed by atoms with Gasteiger partial charge in [-0.25, -0.2) is 0 Å². The number of methoxy groups -OCH3 is 1. The summed E-state index contributed by atoms with van der Waals surface area (Å²) in [6.45, 7) is 2.98. The lowest BCUT2D eigenvalue weighted by atomic mass is 10.2. The van der Waals surface area contributed by atoms with Gasteiger partial charge in [-0.3, -0.25) is 0 Å². The maximum absolute atomic E-state index is 5.84. The van der Waals surface area contributed by atoms with Crippen molar-refractivity contribution in [2.75, 3.05) is 7.11 Å². The molecule has 2 aromatic carbocycles. The molecule has 118 valence electrons.